The zero-order chi connectivity index (χ0) is 11.5. The van der Waals surface area contributed by atoms with E-state index in [9.17, 15) is 9.18 Å². The highest BCUT2D eigenvalue weighted by Crippen LogP contribution is 2.14. The van der Waals surface area contributed by atoms with E-state index in [0.29, 0.717) is 18.0 Å². The van der Waals surface area contributed by atoms with Crippen molar-refractivity contribution in [2.45, 2.75) is 0 Å². The predicted octanol–water partition coefficient (Wildman–Crippen LogP) is 1.38. The third-order valence-electron chi connectivity index (χ3n) is 2.59. The van der Waals surface area contributed by atoms with Gasteiger partial charge in [0.15, 0.2) is 0 Å². The number of hydrogen-bond acceptors (Lipinski definition) is 2. The minimum atomic E-state index is -0.379. The third kappa shape index (κ3) is 2.70. The molecular weight excluding hydrogens is 322 g/mol. The van der Waals surface area contributed by atoms with Gasteiger partial charge in [0.2, 0.25) is 0 Å². The van der Waals surface area contributed by atoms with E-state index in [1.165, 1.54) is 12.1 Å². The first-order valence-corrected chi connectivity index (χ1v) is 6.18. The van der Waals surface area contributed by atoms with E-state index in [1.54, 1.807) is 6.07 Å². The Kier molecular flexibility index (Phi) is 3.75. The minimum Gasteiger partial charge on any atom is -0.352 e. The van der Waals surface area contributed by atoms with Crippen LogP contribution < -0.4 is 10.6 Å². The summed E-state index contributed by atoms with van der Waals surface area (Å²) in [6, 6.07) is 4.24. The van der Waals surface area contributed by atoms with Gasteiger partial charge < -0.3 is 10.6 Å². The number of benzene rings is 1. The minimum absolute atomic E-state index is 0.198. The van der Waals surface area contributed by atoms with Crippen molar-refractivity contribution >= 4 is 28.5 Å². The number of rotatable bonds is 3. The van der Waals surface area contributed by atoms with E-state index in [4.69, 9.17) is 0 Å². The van der Waals surface area contributed by atoms with E-state index >= 15 is 0 Å². The van der Waals surface area contributed by atoms with Crippen molar-refractivity contribution in [3.63, 3.8) is 0 Å². The van der Waals surface area contributed by atoms with E-state index < -0.39 is 0 Å². The molecule has 1 saturated heterocycles. The van der Waals surface area contributed by atoms with Crippen molar-refractivity contribution in [3.05, 3.63) is 33.1 Å². The Hall–Kier alpha value is -0.690. The second-order valence-electron chi connectivity index (χ2n) is 3.86. The Balaban J connectivity index is 1.99. The van der Waals surface area contributed by atoms with Crippen molar-refractivity contribution in [2.24, 2.45) is 5.92 Å². The molecule has 0 bridgehead atoms. The fourth-order valence-electron chi connectivity index (χ4n) is 1.50. The smallest absolute Gasteiger partial charge is 0.252 e. The van der Waals surface area contributed by atoms with Crippen LogP contribution in [0, 0.1) is 15.3 Å². The predicted molar refractivity (Wildman–Crippen MR) is 67.8 cm³/mol. The zero-order valence-electron chi connectivity index (χ0n) is 8.59. The monoisotopic (exact) mass is 334 g/mol. The summed E-state index contributed by atoms with van der Waals surface area (Å²) in [4.78, 5) is 11.8. The second kappa shape index (κ2) is 5.09. The summed E-state index contributed by atoms with van der Waals surface area (Å²) in [5.41, 5.74) is 0.410. The molecule has 0 aromatic heterocycles. The van der Waals surface area contributed by atoms with Crippen LogP contribution in [0.5, 0.6) is 0 Å². The molecule has 0 aliphatic carbocycles. The molecule has 0 unspecified atom stereocenters. The van der Waals surface area contributed by atoms with E-state index in [-0.39, 0.29) is 11.7 Å². The molecule has 0 spiro atoms. The maximum absolute atomic E-state index is 13.0. The van der Waals surface area contributed by atoms with E-state index in [2.05, 4.69) is 10.6 Å². The lowest BCUT2D eigenvalue weighted by molar-refractivity contribution is 0.0941. The summed E-state index contributed by atoms with van der Waals surface area (Å²) < 4.78 is 13.8. The van der Waals surface area contributed by atoms with Crippen LogP contribution in [0.1, 0.15) is 10.4 Å². The normalized spacial score (nSPS) is 15.6. The van der Waals surface area contributed by atoms with Crippen molar-refractivity contribution in [1.29, 1.82) is 0 Å². The lowest BCUT2D eigenvalue weighted by Crippen LogP contribution is -2.48. The lowest BCUT2D eigenvalue weighted by Gasteiger charge is -2.27. The first-order valence-electron chi connectivity index (χ1n) is 5.11. The highest BCUT2D eigenvalue weighted by atomic mass is 127. The van der Waals surface area contributed by atoms with Crippen molar-refractivity contribution < 1.29 is 9.18 Å². The largest absolute Gasteiger partial charge is 0.352 e. The number of carbonyl (C=O) groups is 1. The average Bonchev–Trinajstić information content (AvgIpc) is 2.19. The fraction of sp³-hybridized carbons (Fsp3) is 0.364. The van der Waals surface area contributed by atoms with E-state index in [1.807, 2.05) is 22.6 Å². The van der Waals surface area contributed by atoms with Gasteiger partial charge in [-0.3, -0.25) is 4.79 Å². The van der Waals surface area contributed by atoms with Crippen LogP contribution in [0.25, 0.3) is 0 Å². The molecule has 5 heteroatoms. The molecule has 1 aliphatic heterocycles. The van der Waals surface area contributed by atoms with Gasteiger partial charge in [0.1, 0.15) is 5.82 Å². The molecule has 86 valence electrons. The molecule has 1 heterocycles. The molecule has 16 heavy (non-hydrogen) atoms. The molecule has 1 aromatic rings. The van der Waals surface area contributed by atoms with Crippen LogP contribution in [-0.4, -0.2) is 25.5 Å². The third-order valence-corrected chi connectivity index (χ3v) is 3.53. The molecular formula is C11H12FIN2O. The second-order valence-corrected chi connectivity index (χ2v) is 5.02. The molecule has 0 atom stereocenters. The number of nitrogens with one attached hydrogen (secondary N) is 2. The SMILES string of the molecule is O=C(NCC1CNC1)c1cc(F)ccc1I. The van der Waals surface area contributed by atoms with Crippen LogP contribution in [0.3, 0.4) is 0 Å². The number of halogens is 2. The van der Waals surface area contributed by atoms with Crippen LogP contribution in [0.15, 0.2) is 18.2 Å². The van der Waals surface area contributed by atoms with Crippen LogP contribution in [0.4, 0.5) is 4.39 Å². The lowest BCUT2D eigenvalue weighted by atomic mass is 10.0. The van der Waals surface area contributed by atoms with Crippen LogP contribution in [-0.2, 0) is 0 Å². The molecule has 1 aromatic carbocycles. The van der Waals surface area contributed by atoms with Crippen LogP contribution in [0.2, 0.25) is 0 Å². The topological polar surface area (TPSA) is 41.1 Å². The Morgan fingerprint density at radius 2 is 2.31 bits per heavy atom. The molecule has 0 saturated carbocycles. The van der Waals surface area contributed by atoms with Crippen molar-refractivity contribution in [1.82, 2.24) is 10.6 Å². The van der Waals surface area contributed by atoms with Gasteiger partial charge in [-0.15, -0.1) is 0 Å². The van der Waals surface area contributed by atoms with Gasteiger partial charge in [-0.05, 0) is 40.8 Å². The first kappa shape index (κ1) is 11.8. The Morgan fingerprint density at radius 3 is 2.94 bits per heavy atom. The number of carbonyl (C=O) groups excluding carboxylic acids is 1. The molecule has 3 nitrogen and oxygen atoms in total. The summed E-state index contributed by atoms with van der Waals surface area (Å²) in [7, 11) is 0. The highest BCUT2D eigenvalue weighted by Gasteiger charge is 2.18. The van der Waals surface area contributed by atoms with Gasteiger partial charge in [-0.25, -0.2) is 4.39 Å². The van der Waals surface area contributed by atoms with Crippen molar-refractivity contribution in [2.75, 3.05) is 19.6 Å². The maximum Gasteiger partial charge on any atom is 0.252 e. The standard InChI is InChI=1S/C11H12FIN2O/c12-8-1-2-10(13)9(3-8)11(16)15-6-7-4-14-5-7/h1-3,7,14H,4-6H2,(H,15,16). The summed E-state index contributed by atoms with van der Waals surface area (Å²) in [6.45, 7) is 2.54. The summed E-state index contributed by atoms with van der Waals surface area (Å²) >= 11 is 2.03. The van der Waals surface area contributed by atoms with Gasteiger partial charge in [0.05, 0.1) is 5.56 Å². The Labute approximate surface area is 107 Å². The summed E-state index contributed by atoms with van der Waals surface area (Å²) in [5.74, 6) is -0.0677. The number of hydrogen-bond donors (Lipinski definition) is 2. The molecule has 0 radical (unpaired) electrons. The Bertz CT molecular complexity index is 407. The van der Waals surface area contributed by atoms with E-state index in [0.717, 1.165) is 16.7 Å². The zero-order valence-corrected chi connectivity index (χ0v) is 10.8. The van der Waals surface area contributed by atoms with Gasteiger partial charge in [-0.2, -0.15) is 0 Å². The van der Waals surface area contributed by atoms with Crippen molar-refractivity contribution in [3.8, 4) is 0 Å². The summed E-state index contributed by atoms with van der Waals surface area (Å²) in [6.07, 6.45) is 0. The quantitative estimate of drug-likeness (QED) is 0.820. The molecule has 1 fully saturated rings. The molecule has 2 N–H and O–H groups in total. The fourth-order valence-corrected chi connectivity index (χ4v) is 2.08. The van der Waals surface area contributed by atoms with Gasteiger partial charge in [0, 0.05) is 29.1 Å². The molecule has 1 amide bonds. The highest BCUT2D eigenvalue weighted by molar-refractivity contribution is 14.1. The molecule has 2 rings (SSSR count). The maximum atomic E-state index is 13.0. The summed E-state index contributed by atoms with van der Waals surface area (Å²) in [5, 5.41) is 5.95. The molecule has 1 aliphatic rings. The van der Waals surface area contributed by atoms with Crippen LogP contribution >= 0.6 is 22.6 Å². The van der Waals surface area contributed by atoms with Gasteiger partial charge in [0.25, 0.3) is 5.91 Å². The van der Waals surface area contributed by atoms with Gasteiger partial charge in [-0.1, -0.05) is 0 Å². The average molecular weight is 334 g/mol. The number of amides is 1. The first-order chi connectivity index (χ1) is 7.66. The Morgan fingerprint density at radius 1 is 1.56 bits per heavy atom. The van der Waals surface area contributed by atoms with Gasteiger partial charge >= 0.3 is 0 Å².